The molecule has 0 spiro atoms. The van der Waals surface area contributed by atoms with E-state index in [0.29, 0.717) is 12.1 Å². The van der Waals surface area contributed by atoms with E-state index in [1.807, 2.05) is 30.4 Å². The Morgan fingerprint density at radius 1 is 1.30 bits per heavy atom. The highest BCUT2D eigenvalue weighted by atomic mass is 16.2. The van der Waals surface area contributed by atoms with Crippen LogP contribution in [0.2, 0.25) is 0 Å². The van der Waals surface area contributed by atoms with Crippen LogP contribution in [-0.4, -0.2) is 18.2 Å². The van der Waals surface area contributed by atoms with Gasteiger partial charge in [-0.3, -0.25) is 4.79 Å². The second-order valence-corrected chi connectivity index (χ2v) is 6.40. The van der Waals surface area contributed by atoms with E-state index in [1.165, 1.54) is 6.21 Å². The highest BCUT2D eigenvalue weighted by molar-refractivity contribution is 5.93. The molecule has 27 heavy (non-hydrogen) atoms. The first kappa shape index (κ1) is 20.2. The fourth-order valence-electron chi connectivity index (χ4n) is 3.04. The summed E-state index contributed by atoms with van der Waals surface area (Å²) >= 11 is 0. The lowest BCUT2D eigenvalue weighted by atomic mass is 9.75. The molecule has 6 nitrogen and oxygen atoms in total. The van der Waals surface area contributed by atoms with Crippen molar-refractivity contribution < 1.29 is 9.59 Å². The third kappa shape index (κ3) is 5.41. The number of amides is 3. The van der Waals surface area contributed by atoms with Crippen LogP contribution in [0.1, 0.15) is 38.7 Å². The Morgan fingerprint density at radius 2 is 2.04 bits per heavy atom. The number of hydrogen-bond donors (Lipinski definition) is 3. The number of nitrogens with one attached hydrogen (secondary N) is 2. The van der Waals surface area contributed by atoms with Crippen LogP contribution in [0.3, 0.4) is 0 Å². The van der Waals surface area contributed by atoms with Crippen LogP contribution in [-0.2, 0) is 4.79 Å². The number of hydrogen-bond acceptors (Lipinski definition) is 3. The maximum Gasteiger partial charge on any atom is 0.332 e. The van der Waals surface area contributed by atoms with Gasteiger partial charge in [0.1, 0.15) is 0 Å². The molecule has 1 unspecified atom stereocenters. The Kier molecular flexibility index (Phi) is 7.11. The zero-order valence-corrected chi connectivity index (χ0v) is 15.7. The Morgan fingerprint density at radius 3 is 2.59 bits per heavy atom. The zero-order valence-electron chi connectivity index (χ0n) is 15.7. The van der Waals surface area contributed by atoms with Crippen LogP contribution in [0.4, 0.5) is 4.79 Å². The average Bonchev–Trinajstić information content (AvgIpc) is 2.68. The van der Waals surface area contributed by atoms with Crippen LogP contribution < -0.4 is 16.5 Å². The van der Waals surface area contributed by atoms with Gasteiger partial charge in [0.2, 0.25) is 5.91 Å². The summed E-state index contributed by atoms with van der Waals surface area (Å²) < 4.78 is 0. The van der Waals surface area contributed by atoms with E-state index in [4.69, 9.17) is 5.73 Å². The predicted molar refractivity (Wildman–Crippen MR) is 109 cm³/mol. The Balaban J connectivity index is 2.14. The molecule has 0 aliphatic heterocycles. The molecule has 0 radical (unpaired) electrons. The molecule has 3 amide bonds. The number of benzene rings is 1. The highest BCUT2D eigenvalue weighted by Crippen LogP contribution is 2.37. The number of allylic oxidation sites excluding steroid dienone is 5. The lowest BCUT2D eigenvalue weighted by Crippen LogP contribution is -2.40. The maximum atomic E-state index is 13.0. The number of hydrazone groups is 1. The third-order valence-electron chi connectivity index (χ3n) is 4.47. The smallest absolute Gasteiger partial charge is 0.332 e. The van der Waals surface area contributed by atoms with Crippen LogP contribution >= 0.6 is 0 Å². The summed E-state index contributed by atoms with van der Waals surface area (Å²) in [5.74, 6) is -0.0948. The molecule has 1 aromatic rings. The van der Waals surface area contributed by atoms with Crippen molar-refractivity contribution in [1.82, 2.24) is 10.7 Å². The lowest BCUT2D eigenvalue weighted by molar-refractivity contribution is -0.128. The molecule has 1 aliphatic rings. The summed E-state index contributed by atoms with van der Waals surface area (Å²) in [6, 6.07) is 9.35. The Bertz CT molecular complexity index is 794. The number of rotatable bonds is 7. The molecule has 1 aromatic carbocycles. The lowest BCUT2D eigenvalue weighted by Gasteiger charge is -2.31. The topological polar surface area (TPSA) is 96.6 Å². The second kappa shape index (κ2) is 9.52. The van der Waals surface area contributed by atoms with E-state index in [2.05, 4.69) is 41.0 Å². The summed E-state index contributed by atoms with van der Waals surface area (Å²) in [6.07, 6.45) is 11.5. The van der Waals surface area contributed by atoms with Crippen LogP contribution in [0.25, 0.3) is 5.57 Å². The fourth-order valence-corrected chi connectivity index (χ4v) is 3.04. The average molecular weight is 366 g/mol. The summed E-state index contributed by atoms with van der Waals surface area (Å²) in [5, 5.41) is 6.59. The van der Waals surface area contributed by atoms with E-state index >= 15 is 0 Å². The maximum absolute atomic E-state index is 13.0. The van der Waals surface area contributed by atoms with E-state index < -0.39 is 11.4 Å². The third-order valence-corrected chi connectivity index (χ3v) is 4.47. The first-order valence-corrected chi connectivity index (χ1v) is 9.02. The number of carbonyl (C=O) groups excluding carboxylic acids is 2. The standard InChI is InChI=1S/C21H26N4O2/c1-3-12-21(19(26)24-18(4-2)15-23-25-20(22)27)13-10-17(11-14-21)16-8-6-5-7-9-16/h4-11,13,15H,3,12,14H2,1-2H3,(H,24,26)(H3,22,25,27). The molecule has 0 fully saturated rings. The van der Waals surface area contributed by atoms with Gasteiger partial charge in [0.15, 0.2) is 0 Å². The summed E-state index contributed by atoms with van der Waals surface area (Å²) in [6.45, 7) is 3.84. The summed E-state index contributed by atoms with van der Waals surface area (Å²) in [5.41, 5.74) is 9.24. The van der Waals surface area contributed by atoms with Crippen molar-refractivity contribution in [3.05, 3.63) is 65.9 Å². The molecule has 0 saturated carbocycles. The van der Waals surface area contributed by atoms with Gasteiger partial charge < -0.3 is 11.1 Å². The van der Waals surface area contributed by atoms with Gasteiger partial charge in [0, 0.05) is 0 Å². The molecular weight excluding hydrogens is 340 g/mol. The second-order valence-electron chi connectivity index (χ2n) is 6.40. The minimum absolute atomic E-state index is 0.0948. The Hall–Kier alpha value is -3.15. The molecule has 0 saturated heterocycles. The molecule has 1 atom stereocenters. The summed E-state index contributed by atoms with van der Waals surface area (Å²) in [7, 11) is 0. The first-order chi connectivity index (χ1) is 13.0. The zero-order chi connectivity index (χ0) is 19.7. The number of carbonyl (C=O) groups is 2. The molecule has 0 bridgehead atoms. The molecular formula is C21H26N4O2. The van der Waals surface area contributed by atoms with Gasteiger partial charge in [0.05, 0.1) is 17.3 Å². The van der Waals surface area contributed by atoms with Gasteiger partial charge in [0.25, 0.3) is 0 Å². The highest BCUT2D eigenvalue weighted by Gasteiger charge is 2.35. The van der Waals surface area contributed by atoms with Gasteiger partial charge in [-0.15, -0.1) is 0 Å². The van der Waals surface area contributed by atoms with Crippen molar-refractivity contribution in [3.63, 3.8) is 0 Å². The minimum Gasteiger partial charge on any atom is -0.350 e. The van der Waals surface area contributed by atoms with Crippen molar-refractivity contribution in [2.45, 2.75) is 33.1 Å². The van der Waals surface area contributed by atoms with E-state index in [-0.39, 0.29) is 5.91 Å². The van der Waals surface area contributed by atoms with Crippen LogP contribution in [0, 0.1) is 5.41 Å². The molecule has 4 N–H and O–H groups in total. The largest absolute Gasteiger partial charge is 0.350 e. The molecule has 6 heteroatoms. The van der Waals surface area contributed by atoms with Crippen molar-refractivity contribution in [3.8, 4) is 0 Å². The number of primary amides is 1. The van der Waals surface area contributed by atoms with E-state index in [1.54, 1.807) is 13.0 Å². The van der Waals surface area contributed by atoms with Gasteiger partial charge >= 0.3 is 6.03 Å². The van der Waals surface area contributed by atoms with Crippen molar-refractivity contribution in [2.75, 3.05) is 0 Å². The van der Waals surface area contributed by atoms with Crippen LogP contribution in [0.15, 0.2) is 65.4 Å². The van der Waals surface area contributed by atoms with Gasteiger partial charge in [-0.05, 0) is 30.9 Å². The van der Waals surface area contributed by atoms with Gasteiger partial charge in [-0.2, -0.15) is 5.10 Å². The molecule has 142 valence electrons. The number of nitrogens with zero attached hydrogens (tertiary/aromatic N) is 1. The predicted octanol–water partition coefficient (Wildman–Crippen LogP) is 3.49. The van der Waals surface area contributed by atoms with Crippen LogP contribution in [0.5, 0.6) is 0 Å². The monoisotopic (exact) mass is 366 g/mol. The van der Waals surface area contributed by atoms with Gasteiger partial charge in [-0.1, -0.05) is 68.0 Å². The van der Waals surface area contributed by atoms with E-state index in [9.17, 15) is 9.59 Å². The molecule has 0 aromatic heterocycles. The summed E-state index contributed by atoms with van der Waals surface area (Å²) in [4.78, 5) is 23.7. The normalized spacial score (nSPS) is 19.6. The number of nitrogens with two attached hydrogens (primary N) is 1. The molecule has 1 aliphatic carbocycles. The first-order valence-electron chi connectivity index (χ1n) is 9.02. The molecule has 2 rings (SSSR count). The SMILES string of the molecule is CC=C(C=NNC(N)=O)NC(=O)C1(CCC)C=CC(c2ccccc2)=CC1. The molecule has 0 heterocycles. The number of urea groups is 1. The Labute approximate surface area is 159 Å². The van der Waals surface area contributed by atoms with Crippen molar-refractivity contribution >= 4 is 23.7 Å². The van der Waals surface area contributed by atoms with Crippen molar-refractivity contribution in [1.29, 1.82) is 0 Å². The minimum atomic E-state index is -0.760. The van der Waals surface area contributed by atoms with E-state index in [0.717, 1.165) is 24.0 Å². The quantitative estimate of drug-likeness (QED) is 0.509. The van der Waals surface area contributed by atoms with Crippen molar-refractivity contribution in [2.24, 2.45) is 16.3 Å². The fraction of sp³-hybridized carbons (Fsp3) is 0.286. The van der Waals surface area contributed by atoms with Gasteiger partial charge in [-0.25, -0.2) is 10.2 Å².